The van der Waals surface area contributed by atoms with Crippen LogP contribution < -0.4 is 0 Å². The van der Waals surface area contributed by atoms with Gasteiger partial charge in [-0.3, -0.25) is 0 Å². The van der Waals surface area contributed by atoms with Gasteiger partial charge in [-0.15, -0.1) is 0 Å². The van der Waals surface area contributed by atoms with Crippen molar-refractivity contribution in [1.29, 1.82) is 5.26 Å². The molecule has 1 aromatic rings. The highest BCUT2D eigenvalue weighted by molar-refractivity contribution is 5.93. The number of nitriles is 1. The van der Waals surface area contributed by atoms with E-state index in [9.17, 15) is 20.0 Å². The van der Waals surface area contributed by atoms with Crippen molar-refractivity contribution < 1.29 is 19.8 Å². The molecule has 0 aromatic carbocycles. The van der Waals surface area contributed by atoms with Gasteiger partial charge >= 0.3 is 12.1 Å². The minimum absolute atomic E-state index is 0.0262. The average molecular weight is 275 g/mol. The Labute approximate surface area is 114 Å². The molecule has 3 rings (SSSR count). The Kier molecular flexibility index (Phi) is 2.67. The largest absolute Gasteiger partial charge is 0.478 e. The molecule has 2 heterocycles. The van der Waals surface area contributed by atoms with Crippen LogP contribution in [-0.4, -0.2) is 38.3 Å². The first kappa shape index (κ1) is 12.5. The summed E-state index contributed by atoms with van der Waals surface area (Å²) in [4.78, 5) is 23.7. The highest BCUT2D eigenvalue weighted by atomic mass is 16.4. The number of carboxylic acid groups (broad SMARTS) is 2. The van der Waals surface area contributed by atoms with E-state index in [-0.39, 0.29) is 23.6 Å². The van der Waals surface area contributed by atoms with Crippen LogP contribution in [0.4, 0.5) is 4.79 Å². The molecule has 1 saturated carbocycles. The van der Waals surface area contributed by atoms with Gasteiger partial charge in [0.25, 0.3) is 0 Å². The molecule has 7 heteroatoms. The quantitative estimate of drug-likeness (QED) is 0.849. The fourth-order valence-electron chi connectivity index (χ4n) is 2.88. The summed E-state index contributed by atoms with van der Waals surface area (Å²) in [5.74, 6) is -0.919. The molecule has 2 N–H and O–H groups in total. The number of hydrogen-bond donors (Lipinski definition) is 2. The maximum atomic E-state index is 11.5. The summed E-state index contributed by atoms with van der Waals surface area (Å²) in [5, 5.41) is 27.7. The molecule has 0 spiro atoms. The number of hydrogen-bond acceptors (Lipinski definition) is 3. The second-order valence-corrected chi connectivity index (χ2v) is 5.13. The van der Waals surface area contributed by atoms with Gasteiger partial charge in [0.1, 0.15) is 11.6 Å². The lowest BCUT2D eigenvalue weighted by Crippen LogP contribution is -2.38. The lowest BCUT2D eigenvalue weighted by molar-refractivity contribution is 0.0691. The molecule has 2 aliphatic rings. The van der Waals surface area contributed by atoms with Crippen LogP contribution in [0.25, 0.3) is 0 Å². The molecule has 0 bridgehead atoms. The molecule has 104 valence electrons. The highest BCUT2D eigenvalue weighted by Gasteiger charge is 2.38. The van der Waals surface area contributed by atoms with E-state index in [1.54, 1.807) is 0 Å². The molecule has 1 aliphatic heterocycles. The first-order chi connectivity index (χ1) is 9.54. The summed E-state index contributed by atoms with van der Waals surface area (Å²) in [5.41, 5.74) is 1.40. The molecular weight excluding hydrogens is 262 g/mol. The molecule has 0 atom stereocenters. The predicted octanol–water partition coefficient (Wildman–Crippen LogP) is 1.43. The van der Waals surface area contributed by atoms with E-state index in [0.29, 0.717) is 18.8 Å². The summed E-state index contributed by atoms with van der Waals surface area (Å²) < 4.78 is 1.85. The van der Waals surface area contributed by atoms with Gasteiger partial charge in [0.15, 0.2) is 0 Å². The SMILES string of the molecule is N#Cc1c(C(=O)O)c2n(c1C1CC1)CCN(C(=O)O)C2. The van der Waals surface area contributed by atoms with Crippen molar-refractivity contribution in [1.82, 2.24) is 9.47 Å². The molecule has 0 radical (unpaired) electrons. The van der Waals surface area contributed by atoms with E-state index in [2.05, 4.69) is 0 Å². The van der Waals surface area contributed by atoms with Gasteiger partial charge in [0.2, 0.25) is 0 Å². The number of rotatable bonds is 2. The van der Waals surface area contributed by atoms with E-state index in [4.69, 9.17) is 5.11 Å². The monoisotopic (exact) mass is 275 g/mol. The molecular formula is C13H13N3O4. The zero-order chi connectivity index (χ0) is 14.4. The summed E-state index contributed by atoms with van der Waals surface area (Å²) >= 11 is 0. The molecule has 7 nitrogen and oxygen atoms in total. The number of carboxylic acids is 1. The van der Waals surface area contributed by atoms with Crippen LogP contribution in [0.1, 0.15) is 46.1 Å². The third-order valence-electron chi connectivity index (χ3n) is 3.91. The van der Waals surface area contributed by atoms with Gasteiger partial charge in [-0.25, -0.2) is 9.59 Å². The highest BCUT2D eigenvalue weighted by Crippen LogP contribution is 2.44. The maximum Gasteiger partial charge on any atom is 0.407 e. The Bertz CT molecular complexity index is 652. The van der Waals surface area contributed by atoms with E-state index < -0.39 is 12.1 Å². The molecule has 1 amide bonds. The number of nitrogens with zero attached hydrogens (tertiary/aromatic N) is 3. The number of fused-ring (bicyclic) bond motifs is 1. The minimum atomic E-state index is -1.16. The number of carbonyl (C=O) groups is 2. The lowest BCUT2D eigenvalue weighted by atomic mass is 10.1. The third-order valence-corrected chi connectivity index (χ3v) is 3.91. The summed E-state index contributed by atoms with van der Waals surface area (Å²) in [6.45, 7) is 0.758. The van der Waals surface area contributed by atoms with E-state index in [0.717, 1.165) is 18.5 Å². The number of amides is 1. The topological polar surface area (TPSA) is 107 Å². The van der Waals surface area contributed by atoms with Crippen LogP contribution >= 0.6 is 0 Å². The second kappa shape index (κ2) is 4.27. The van der Waals surface area contributed by atoms with Crippen molar-refractivity contribution >= 4 is 12.1 Å². The Morgan fingerprint density at radius 1 is 1.25 bits per heavy atom. The lowest BCUT2D eigenvalue weighted by Gasteiger charge is -2.27. The van der Waals surface area contributed by atoms with Crippen LogP contribution in [0.15, 0.2) is 0 Å². The van der Waals surface area contributed by atoms with Crippen molar-refractivity contribution in [3.8, 4) is 6.07 Å². The second-order valence-electron chi connectivity index (χ2n) is 5.13. The maximum absolute atomic E-state index is 11.5. The Morgan fingerprint density at radius 3 is 2.45 bits per heavy atom. The van der Waals surface area contributed by atoms with Gasteiger partial charge in [-0.1, -0.05) is 0 Å². The normalized spacial score (nSPS) is 17.4. The molecule has 20 heavy (non-hydrogen) atoms. The Morgan fingerprint density at radius 2 is 1.95 bits per heavy atom. The van der Waals surface area contributed by atoms with Gasteiger partial charge in [0, 0.05) is 24.7 Å². The van der Waals surface area contributed by atoms with Gasteiger partial charge in [0.05, 0.1) is 17.8 Å². The first-order valence-corrected chi connectivity index (χ1v) is 6.41. The fourth-order valence-corrected chi connectivity index (χ4v) is 2.88. The van der Waals surface area contributed by atoms with Crippen molar-refractivity contribution in [2.24, 2.45) is 0 Å². The van der Waals surface area contributed by atoms with Crippen LogP contribution in [0, 0.1) is 11.3 Å². The molecule has 1 aliphatic carbocycles. The van der Waals surface area contributed by atoms with Crippen LogP contribution in [0.3, 0.4) is 0 Å². The van der Waals surface area contributed by atoms with Crippen LogP contribution in [-0.2, 0) is 13.1 Å². The van der Waals surface area contributed by atoms with Crippen molar-refractivity contribution in [3.63, 3.8) is 0 Å². The zero-order valence-electron chi connectivity index (χ0n) is 10.7. The molecule has 1 aromatic heterocycles. The van der Waals surface area contributed by atoms with Gasteiger partial charge < -0.3 is 19.7 Å². The minimum Gasteiger partial charge on any atom is -0.478 e. The standard InChI is InChI=1S/C13H13N3O4/c14-5-8-10(12(17)18)9-6-15(13(19)20)3-4-16(9)11(8)7-1-2-7/h7H,1-4,6H2,(H,17,18)(H,19,20). The Balaban J connectivity index is 2.17. The molecule has 0 saturated heterocycles. The molecule has 0 unspecified atom stereocenters. The van der Waals surface area contributed by atoms with Crippen LogP contribution in [0.2, 0.25) is 0 Å². The zero-order valence-corrected chi connectivity index (χ0v) is 10.7. The molecule has 1 fully saturated rings. The van der Waals surface area contributed by atoms with Gasteiger partial charge in [-0.2, -0.15) is 5.26 Å². The Hall–Kier alpha value is -2.49. The smallest absolute Gasteiger partial charge is 0.407 e. The predicted molar refractivity (Wildman–Crippen MR) is 66.5 cm³/mol. The van der Waals surface area contributed by atoms with Gasteiger partial charge in [-0.05, 0) is 12.8 Å². The van der Waals surface area contributed by atoms with Crippen molar-refractivity contribution in [2.75, 3.05) is 6.54 Å². The van der Waals surface area contributed by atoms with E-state index in [1.165, 1.54) is 4.90 Å². The summed E-state index contributed by atoms with van der Waals surface area (Å²) in [6, 6.07) is 2.00. The number of aromatic carboxylic acids is 1. The van der Waals surface area contributed by atoms with Crippen LogP contribution in [0.5, 0.6) is 0 Å². The first-order valence-electron chi connectivity index (χ1n) is 6.41. The van der Waals surface area contributed by atoms with E-state index in [1.807, 2.05) is 10.6 Å². The van der Waals surface area contributed by atoms with Crippen molar-refractivity contribution in [2.45, 2.75) is 31.8 Å². The third kappa shape index (κ3) is 1.72. The van der Waals surface area contributed by atoms with E-state index >= 15 is 0 Å². The average Bonchev–Trinajstić information content (AvgIpc) is 3.18. The summed E-state index contributed by atoms with van der Waals surface area (Å²) in [6.07, 6.45) is 0.847. The van der Waals surface area contributed by atoms with Crippen molar-refractivity contribution in [3.05, 3.63) is 22.5 Å². The fraction of sp³-hybridized carbons (Fsp3) is 0.462. The summed E-state index contributed by atoms with van der Waals surface area (Å²) in [7, 11) is 0. The number of aromatic nitrogens is 1.